The summed E-state index contributed by atoms with van der Waals surface area (Å²) < 4.78 is 0. The van der Waals surface area contributed by atoms with E-state index >= 15 is 0 Å². The number of hydrogen-bond acceptors (Lipinski definition) is 1. The van der Waals surface area contributed by atoms with Crippen LogP contribution in [0.3, 0.4) is 0 Å². The predicted molar refractivity (Wildman–Crippen MR) is 35.2 cm³/mol. The van der Waals surface area contributed by atoms with Crippen molar-refractivity contribution in [3.63, 3.8) is 0 Å². The van der Waals surface area contributed by atoms with Gasteiger partial charge in [-0.15, -0.1) is 0 Å². The number of nitrogens with zero attached hydrogens (tertiary/aromatic N) is 1. The van der Waals surface area contributed by atoms with Crippen LogP contribution in [0.25, 0.3) is 0 Å². The molecule has 0 bridgehead atoms. The number of rotatable bonds is 1. The Morgan fingerprint density at radius 3 is 2.78 bits per heavy atom. The van der Waals surface area contributed by atoms with E-state index in [4.69, 9.17) is 0 Å². The molecular weight excluding hydrogens is 116 g/mol. The molecule has 0 aromatic heterocycles. The average molecular weight is 128 g/mol. The van der Waals surface area contributed by atoms with Crippen LogP contribution in [0.1, 0.15) is 13.8 Å². The van der Waals surface area contributed by atoms with Gasteiger partial charge < -0.3 is 10.2 Å². The van der Waals surface area contributed by atoms with Crippen molar-refractivity contribution in [1.29, 1.82) is 0 Å². The van der Waals surface area contributed by atoms with Gasteiger partial charge in [0.05, 0.1) is 0 Å². The Hall–Kier alpha value is -0.730. The van der Waals surface area contributed by atoms with Gasteiger partial charge in [-0.2, -0.15) is 0 Å². The van der Waals surface area contributed by atoms with Crippen LogP contribution in [0.4, 0.5) is 4.79 Å². The molecule has 1 atom stereocenters. The lowest BCUT2D eigenvalue weighted by atomic mass is 10.3. The third-order valence-electron chi connectivity index (χ3n) is 1.68. The molecule has 52 valence electrons. The van der Waals surface area contributed by atoms with Gasteiger partial charge in [-0.1, -0.05) is 0 Å². The highest BCUT2D eigenvalue weighted by Gasteiger charge is 2.24. The smallest absolute Gasteiger partial charge is 0.317 e. The van der Waals surface area contributed by atoms with Crippen molar-refractivity contribution in [3.8, 4) is 0 Å². The summed E-state index contributed by atoms with van der Waals surface area (Å²) in [4.78, 5) is 12.6. The standard InChI is InChI=1S/C6H12N2O/c1-3-8-5(2)4-7-6(8)9/h5H,3-4H2,1-2H3,(H,7,9)/t5-/m0/s1. The molecule has 3 heteroatoms. The molecule has 0 aromatic carbocycles. The van der Waals surface area contributed by atoms with Gasteiger partial charge in [-0.3, -0.25) is 0 Å². The quantitative estimate of drug-likeness (QED) is 0.545. The summed E-state index contributed by atoms with van der Waals surface area (Å²) in [6.07, 6.45) is 0. The molecule has 3 nitrogen and oxygen atoms in total. The number of likely N-dealkylation sites (N-methyl/N-ethyl adjacent to an activating group) is 1. The molecule has 1 rings (SSSR count). The normalized spacial score (nSPS) is 26.7. The van der Waals surface area contributed by atoms with Gasteiger partial charge in [0.25, 0.3) is 0 Å². The zero-order chi connectivity index (χ0) is 6.85. The van der Waals surface area contributed by atoms with Gasteiger partial charge in [0, 0.05) is 19.1 Å². The van der Waals surface area contributed by atoms with E-state index in [9.17, 15) is 4.79 Å². The second-order valence-corrected chi connectivity index (χ2v) is 2.32. The molecule has 0 spiro atoms. The third-order valence-corrected chi connectivity index (χ3v) is 1.68. The summed E-state index contributed by atoms with van der Waals surface area (Å²) in [6, 6.07) is 0.451. The Morgan fingerprint density at radius 2 is 2.56 bits per heavy atom. The molecule has 1 fully saturated rings. The zero-order valence-electron chi connectivity index (χ0n) is 5.85. The van der Waals surface area contributed by atoms with E-state index in [1.165, 1.54) is 0 Å². The van der Waals surface area contributed by atoms with Crippen LogP contribution < -0.4 is 5.32 Å². The number of hydrogen-bond donors (Lipinski definition) is 1. The third kappa shape index (κ3) is 0.992. The van der Waals surface area contributed by atoms with Crippen molar-refractivity contribution in [3.05, 3.63) is 0 Å². The highest BCUT2D eigenvalue weighted by atomic mass is 16.2. The first-order chi connectivity index (χ1) is 4.25. The van der Waals surface area contributed by atoms with E-state index in [1.54, 1.807) is 0 Å². The minimum Gasteiger partial charge on any atom is -0.336 e. The highest BCUT2D eigenvalue weighted by molar-refractivity contribution is 5.76. The molecule has 0 unspecified atom stereocenters. The summed E-state index contributed by atoms with van der Waals surface area (Å²) in [6.45, 7) is 5.64. The van der Waals surface area contributed by atoms with Gasteiger partial charge in [0.2, 0.25) is 0 Å². The zero-order valence-corrected chi connectivity index (χ0v) is 5.85. The summed E-state index contributed by atoms with van der Waals surface area (Å²) in [5.41, 5.74) is 0. The van der Waals surface area contributed by atoms with Gasteiger partial charge in [0.1, 0.15) is 0 Å². The van der Waals surface area contributed by atoms with Crippen molar-refractivity contribution in [2.24, 2.45) is 0 Å². The highest BCUT2D eigenvalue weighted by Crippen LogP contribution is 2.03. The molecule has 9 heavy (non-hydrogen) atoms. The molecule has 0 radical (unpaired) electrons. The summed E-state index contributed by atoms with van der Waals surface area (Å²) in [5.74, 6) is 0. The van der Waals surface area contributed by atoms with E-state index in [0.717, 1.165) is 13.1 Å². The first-order valence-corrected chi connectivity index (χ1v) is 3.30. The minimum atomic E-state index is 0.0741. The fraction of sp³-hybridized carbons (Fsp3) is 0.833. The predicted octanol–water partition coefficient (Wildman–Crippen LogP) is 0.420. The maximum atomic E-state index is 10.8. The second kappa shape index (κ2) is 2.25. The number of carbonyl (C=O) groups excluding carboxylic acids is 1. The molecule has 1 aliphatic heterocycles. The fourth-order valence-electron chi connectivity index (χ4n) is 1.10. The van der Waals surface area contributed by atoms with Crippen LogP contribution in [-0.4, -0.2) is 30.1 Å². The van der Waals surface area contributed by atoms with Crippen LogP contribution in [0.15, 0.2) is 0 Å². The Bertz CT molecular complexity index is 124. The Labute approximate surface area is 55.0 Å². The van der Waals surface area contributed by atoms with E-state index in [-0.39, 0.29) is 6.03 Å². The van der Waals surface area contributed by atoms with Crippen LogP contribution in [0, 0.1) is 0 Å². The van der Waals surface area contributed by atoms with Crippen molar-refractivity contribution in [2.75, 3.05) is 13.1 Å². The summed E-state index contributed by atoms with van der Waals surface area (Å²) >= 11 is 0. The Kier molecular flexibility index (Phi) is 1.60. The molecule has 1 N–H and O–H groups in total. The van der Waals surface area contributed by atoms with Crippen LogP contribution in [0.5, 0.6) is 0 Å². The van der Waals surface area contributed by atoms with E-state index in [2.05, 4.69) is 5.32 Å². The molecule has 1 saturated heterocycles. The van der Waals surface area contributed by atoms with Crippen molar-refractivity contribution in [1.82, 2.24) is 10.2 Å². The number of urea groups is 1. The molecule has 0 aliphatic carbocycles. The minimum absolute atomic E-state index is 0.0741. The molecule has 1 aliphatic rings. The number of nitrogens with one attached hydrogen (secondary N) is 1. The van der Waals surface area contributed by atoms with Gasteiger partial charge in [-0.25, -0.2) is 4.79 Å². The largest absolute Gasteiger partial charge is 0.336 e. The maximum absolute atomic E-state index is 10.8. The SMILES string of the molecule is CCN1C(=O)NC[C@@H]1C. The van der Waals surface area contributed by atoms with Crippen LogP contribution >= 0.6 is 0 Å². The summed E-state index contributed by atoms with van der Waals surface area (Å²) in [5, 5.41) is 2.76. The number of carbonyl (C=O) groups is 1. The number of amides is 2. The van der Waals surface area contributed by atoms with E-state index in [0.29, 0.717) is 6.04 Å². The molecule has 0 saturated carbocycles. The lowest BCUT2D eigenvalue weighted by Crippen LogP contribution is -2.31. The van der Waals surface area contributed by atoms with Crippen LogP contribution in [-0.2, 0) is 0 Å². The topological polar surface area (TPSA) is 32.3 Å². The molecule has 0 aromatic rings. The summed E-state index contributed by atoms with van der Waals surface area (Å²) in [7, 11) is 0. The van der Waals surface area contributed by atoms with Crippen molar-refractivity contribution >= 4 is 6.03 Å². The van der Waals surface area contributed by atoms with E-state index in [1.807, 2.05) is 18.7 Å². The van der Waals surface area contributed by atoms with Crippen molar-refractivity contribution < 1.29 is 4.79 Å². The Morgan fingerprint density at radius 1 is 1.89 bits per heavy atom. The molecule has 2 amide bonds. The van der Waals surface area contributed by atoms with Gasteiger partial charge >= 0.3 is 6.03 Å². The van der Waals surface area contributed by atoms with Gasteiger partial charge in [0.15, 0.2) is 0 Å². The molecular formula is C6H12N2O. The Balaban J connectivity index is 2.55. The lowest BCUT2D eigenvalue weighted by molar-refractivity contribution is 0.210. The lowest BCUT2D eigenvalue weighted by Gasteiger charge is -2.16. The fourth-order valence-corrected chi connectivity index (χ4v) is 1.10. The average Bonchev–Trinajstić information content (AvgIpc) is 2.12. The van der Waals surface area contributed by atoms with Crippen LogP contribution in [0.2, 0.25) is 0 Å². The van der Waals surface area contributed by atoms with Crippen molar-refractivity contribution in [2.45, 2.75) is 19.9 Å². The maximum Gasteiger partial charge on any atom is 0.317 e. The van der Waals surface area contributed by atoms with E-state index < -0.39 is 0 Å². The first kappa shape index (κ1) is 6.39. The monoisotopic (exact) mass is 128 g/mol. The molecule has 1 heterocycles. The van der Waals surface area contributed by atoms with Gasteiger partial charge in [-0.05, 0) is 13.8 Å². The second-order valence-electron chi connectivity index (χ2n) is 2.32. The first-order valence-electron chi connectivity index (χ1n) is 3.30.